The maximum absolute atomic E-state index is 12.8. The Morgan fingerprint density at radius 2 is 2.16 bits per heavy atom. The van der Waals surface area contributed by atoms with Crippen LogP contribution < -0.4 is 11.1 Å². The molecular weight excluding hydrogens is 318 g/mol. The molecular formula is C13H17BrF2N2O. The minimum atomic E-state index is -3.04. The summed E-state index contributed by atoms with van der Waals surface area (Å²) in [6.45, 7) is 0.482. The van der Waals surface area contributed by atoms with E-state index in [0.29, 0.717) is 6.42 Å². The third-order valence-corrected chi connectivity index (χ3v) is 3.60. The smallest absolute Gasteiger partial charge is 0.277 e. The van der Waals surface area contributed by atoms with Gasteiger partial charge in [-0.25, -0.2) is 8.78 Å². The molecule has 3 N–H and O–H groups in total. The van der Waals surface area contributed by atoms with E-state index in [1.165, 1.54) is 0 Å². The second-order valence-electron chi connectivity index (χ2n) is 4.42. The standard InChI is InChI=1S/C13H17BrF2N2O/c1-9-6-10(2-4-11(9)14)3-5-12(19)18-8-13(15,16)7-17/h2,4,6H,3,5,7-8,17H2,1H3,(H,18,19). The molecule has 3 nitrogen and oxygen atoms in total. The van der Waals surface area contributed by atoms with Gasteiger partial charge in [-0.15, -0.1) is 0 Å². The number of alkyl halides is 2. The molecule has 0 saturated heterocycles. The van der Waals surface area contributed by atoms with Gasteiger partial charge in [0.25, 0.3) is 5.92 Å². The highest BCUT2D eigenvalue weighted by Crippen LogP contribution is 2.18. The molecule has 0 fully saturated rings. The number of carbonyl (C=O) groups is 1. The minimum absolute atomic E-state index is 0.182. The summed E-state index contributed by atoms with van der Waals surface area (Å²) in [5.41, 5.74) is 6.96. The largest absolute Gasteiger partial charge is 0.350 e. The zero-order valence-electron chi connectivity index (χ0n) is 10.7. The van der Waals surface area contributed by atoms with Crippen molar-refractivity contribution >= 4 is 21.8 Å². The predicted octanol–water partition coefficient (Wildman–Crippen LogP) is 2.40. The molecule has 1 rings (SSSR count). The van der Waals surface area contributed by atoms with Crippen LogP contribution in [0.1, 0.15) is 17.5 Å². The zero-order chi connectivity index (χ0) is 14.5. The molecule has 1 aromatic rings. The number of amides is 1. The molecule has 106 valence electrons. The molecule has 0 aliphatic heterocycles. The van der Waals surface area contributed by atoms with Gasteiger partial charge in [-0.1, -0.05) is 28.1 Å². The van der Waals surface area contributed by atoms with Crippen molar-refractivity contribution in [2.75, 3.05) is 13.1 Å². The molecule has 0 aliphatic rings. The third kappa shape index (κ3) is 5.65. The molecule has 0 heterocycles. The average molecular weight is 335 g/mol. The Morgan fingerprint density at radius 1 is 1.47 bits per heavy atom. The fourth-order valence-corrected chi connectivity index (χ4v) is 1.76. The Morgan fingerprint density at radius 3 is 2.74 bits per heavy atom. The van der Waals surface area contributed by atoms with E-state index in [-0.39, 0.29) is 6.42 Å². The summed E-state index contributed by atoms with van der Waals surface area (Å²) in [6.07, 6.45) is 0.704. The highest BCUT2D eigenvalue weighted by atomic mass is 79.9. The lowest BCUT2D eigenvalue weighted by molar-refractivity contribution is -0.122. The van der Waals surface area contributed by atoms with E-state index < -0.39 is 24.9 Å². The van der Waals surface area contributed by atoms with E-state index in [1.54, 1.807) is 0 Å². The number of rotatable bonds is 6. The quantitative estimate of drug-likeness (QED) is 0.839. The first-order valence-corrected chi connectivity index (χ1v) is 6.73. The Bertz CT molecular complexity index is 452. The van der Waals surface area contributed by atoms with Gasteiger partial charge in [0.05, 0.1) is 13.1 Å². The van der Waals surface area contributed by atoms with Crippen LogP contribution in [0.3, 0.4) is 0 Å². The molecule has 0 spiro atoms. The van der Waals surface area contributed by atoms with Crippen LogP contribution in [0.25, 0.3) is 0 Å². The Kier molecular flexibility index (Phi) is 5.87. The van der Waals surface area contributed by atoms with Crippen molar-refractivity contribution in [3.8, 4) is 0 Å². The molecule has 6 heteroatoms. The number of aryl methyl sites for hydroxylation is 2. The normalized spacial score (nSPS) is 11.4. The van der Waals surface area contributed by atoms with Gasteiger partial charge in [0.1, 0.15) is 0 Å². The molecule has 0 aliphatic carbocycles. The summed E-state index contributed by atoms with van der Waals surface area (Å²) < 4.78 is 26.7. The van der Waals surface area contributed by atoms with Gasteiger partial charge in [0, 0.05) is 10.9 Å². The van der Waals surface area contributed by atoms with E-state index in [4.69, 9.17) is 5.73 Å². The maximum Gasteiger partial charge on any atom is 0.277 e. The molecule has 19 heavy (non-hydrogen) atoms. The lowest BCUT2D eigenvalue weighted by Gasteiger charge is -2.14. The van der Waals surface area contributed by atoms with Crippen molar-refractivity contribution in [3.63, 3.8) is 0 Å². The van der Waals surface area contributed by atoms with Crippen molar-refractivity contribution in [2.24, 2.45) is 5.73 Å². The number of carbonyl (C=O) groups excluding carboxylic acids is 1. The maximum atomic E-state index is 12.8. The predicted molar refractivity (Wildman–Crippen MR) is 74.2 cm³/mol. The Hall–Kier alpha value is -1.01. The van der Waals surface area contributed by atoms with Crippen molar-refractivity contribution in [2.45, 2.75) is 25.7 Å². The fraction of sp³-hybridized carbons (Fsp3) is 0.462. The second-order valence-corrected chi connectivity index (χ2v) is 5.27. The highest BCUT2D eigenvalue weighted by Gasteiger charge is 2.26. The molecule has 0 unspecified atom stereocenters. The Balaban J connectivity index is 2.40. The van der Waals surface area contributed by atoms with E-state index in [9.17, 15) is 13.6 Å². The lowest BCUT2D eigenvalue weighted by atomic mass is 10.1. The van der Waals surface area contributed by atoms with Crippen LogP contribution in [-0.4, -0.2) is 24.9 Å². The van der Waals surface area contributed by atoms with E-state index in [1.807, 2.05) is 25.1 Å². The highest BCUT2D eigenvalue weighted by molar-refractivity contribution is 9.10. The number of halogens is 3. The summed E-state index contributed by atoms with van der Waals surface area (Å²) in [5, 5.41) is 2.19. The van der Waals surface area contributed by atoms with Crippen LogP contribution in [0.2, 0.25) is 0 Å². The summed E-state index contributed by atoms with van der Waals surface area (Å²) >= 11 is 3.39. The summed E-state index contributed by atoms with van der Waals surface area (Å²) in [5.74, 6) is -3.43. The van der Waals surface area contributed by atoms with Gasteiger partial charge >= 0.3 is 0 Å². The van der Waals surface area contributed by atoms with E-state index in [0.717, 1.165) is 15.6 Å². The van der Waals surface area contributed by atoms with Gasteiger partial charge in [-0.2, -0.15) is 0 Å². The second kappa shape index (κ2) is 6.96. The van der Waals surface area contributed by atoms with Gasteiger partial charge in [0.15, 0.2) is 0 Å². The van der Waals surface area contributed by atoms with Crippen molar-refractivity contribution in [1.29, 1.82) is 0 Å². The van der Waals surface area contributed by atoms with Gasteiger partial charge < -0.3 is 11.1 Å². The van der Waals surface area contributed by atoms with Crippen molar-refractivity contribution in [1.82, 2.24) is 5.32 Å². The monoisotopic (exact) mass is 334 g/mol. The molecule has 1 amide bonds. The van der Waals surface area contributed by atoms with Crippen LogP contribution in [0, 0.1) is 6.92 Å². The zero-order valence-corrected chi connectivity index (χ0v) is 12.3. The van der Waals surface area contributed by atoms with Crippen LogP contribution in [-0.2, 0) is 11.2 Å². The number of hydrogen-bond donors (Lipinski definition) is 2. The number of nitrogens with two attached hydrogens (primary N) is 1. The molecule has 0 bridgehead atoms. The Labute approximate surface area is 119 Å². The van der Waals surface area contributed by atoms with Crippen molar-refractivity contribution < 1.29 is 13.6 Å². The first-order chi connectivity index (χ1) is 8.84. The molecule has 0 saturated carbocycles. The number of nitrogens with one attached hydrogen (secondary N) is 1. The molecule has 1 aromatic carbocycles. The summed E-state index contributed by atoms with van der Waals surface area (Å²) in [6, 6.07) is 5.77. The van der Waals surface area contributed by atoms with Gasteiger partial charge in [0.2, 0.25) is 5.91 Å². The topological polar surface area (TPSA) is 55.1 Å². The molecule has 0 aromatic heterocycles. The van der Waals surface area contributed by atoms with Gasteiger partial charge in [-0.05, 0) is 30.5 Å². The SMILES string of the molecule is Cc1cc(CCC(=O)NCC(F)(F)CN)ccc1Br. The molecule has 0 atom stereocenters. The van der Waals surface area contributed by atoms with Gasteiger partial charge in [-0.3, -0.25) is 4.79 Å². The first kappa shape index (κ1) is 16.0. The summed E-state index contributed by atoms with van der Waals surface area (Å²) in [4.78, 5) is 11.4. The van der Waals surface area contributed by atoms with Crippen LogP contribution in [0.5, 0.6) is 0 Å². The fourth-order valence-electron chi connectivity index (χ4n) is 1.51. The van der Waals surface area contributed by atoms with Crippen LogP contribution in [0.15, 0.2) is 22.7 Å². The van der Waals surface area contributed by atoms with E-state index >= 15 is 0 Å². The van der Waals surface area contributed by atoms with Crippen LogP contribution in [0.4, 0.5) is 8.78 Å². The number of hydrogen-bond acceptors (Lipinski definition) is 2. The summed E-state index contributed by atoms with van der Waals surface area (Å²) in [7, 11) is 0. The minimum Gasteiger partial charge on any atom is -0.350 e. The van der Waals surface area contributed by atoms with Crippen molar-refractivity contribution in [3.05, 3.63) is 33.8 Å². The lowest BCUT2D eigenvalue weighted by Crippen LogP contribution is -2.41. The van der Waals surface area contributed by atoms with Crippen LogP contribution >= 0.6 is 15.9 Å². The van der Waals surface area contributed by atoms with E-state index in [2.05, 4.69) is 21.2 Å². The average Bonchev–Trinajstić information content (AvgIpc) is 2.38. The number of benzene rings is 1. The molecule has 0 radical (unpaired) electrons. The third-order valence-electron chi connectivity index (χ3n) is 2.71. The first-order valence-electron chi connectivity index (χ1n) is 5.94.